The third-order valence-electron chi connectivity index (χ3n) is 4.69. The second-order valence-electron chi connectivity index (χ2n) is 6.73. The Morgan fingerprint density at radius 1 is 1.12 bits per heavy atom. The van der Waals surface area contributed by atoms with E-state index in [1.54, 1.807) is 7.11 Å². The Bertz CT molecular complexity index is 819. The van der Waals surface area contributed by atoms with E-state index >= 15 is 0 Å². The summed E-state index contributed by atoms with van der Waals surface area (Å²) in [5.41, 5.74) is 13.0. The summed E-state index contributed by atoms with van der Waals surface area (Å²) < 4.78 is 5.35. The molecular weight excluding hydrogens is 342 g/mol. The number of aryl methyl sites for hydroxylation is 2. The lowest BCUT2D eigenvalue weighted by Gasteiger charge is -2.37. The summed E-state index contributed by atoms with van der Waals surface area (Å²) in [7, 11) is 1.71. The summed E-state index contributed by atoms with van der Waals surface area (Å²) in [6, 6.07) is 15.1. The van der Waals surface area contributed by atoms with Gasteiger partial charge in [0.05, 0.1) is 17.8 Å². The van der Waals surface area contributed by atoms with Crippen LogP contribution in [0, 0.1) is 13.8 Å². The number of rotatable bonds is 5. The topological polar surface area (TPSA) is 36.5 Å². The quantitative estimate of drug-likeness (QED) is 0.799. The van der Waals surface area contributed by atoms with Crippen LogP contribution < -0.4 is 20.7 Å². The van der Waals surface area contributed by atoms with E-state index in [0.717, 1.165) is 11.5 Å². The molecule has 0 saturated carbocycles. The molecule has 1 aliphatic rings. The van der Waals surface area contributed by atoms with Crippen molar-refractivity contribution in [1.82, 2.24) is 11.0 Å². The van der Waals surface area contributed by atoms with Crippen LogP contribution in [0.25, 0.3) is 0 Å². The molecule has 0 aliphatic carbocycles. The highest BCUT2D eigenvalue weighted by atomic mass is 32.2. The minimum absolute atomic E-state index is 0.282. The SMILES string of the molecule is COc1cccc(CSC2=C(C)C(C)NNN2c2ccc(C)cc2C)c1. The van der Waals surface area contributed by atoms with Crippen LogP contribution >= 0.6 is 11.8 Å². The van der Waals surface area contributed by atoms with Crippen LogP contribution in [0.4, 0.5) is 5.69 Å². The van der Waals surface area contributed by atoms with Gasteiger partial charge in [-0.05, 0) is 62.6 Å². The maximum Gasteiger partial charge on any atom is 0.119 e. The number of hydrogen-bond acceptors (Lipinski definition) is 5. The number of anilines is 1. The van der Waals surface area contributed by atoms with Crippen LogP contribution in [0.2, 0.25) is 0 Å². The predicted octanol–water partition coefficient (Wildman–Crippen LogP) is 4.69. The predicted molar refractivity (Wildman–Crippen MR) is 111 cm³/mol. The molecule has 1 heterocycles. The van der Waals surface area contributed by atoms with Gasteiger partial charge in [-0.3, -0.25) is 5.01 Å². The molecule has 2 aromatic rings. The van der Waals surface area contributed by atoms with Crippen LogP contribution in [0.15, 0.2) is 53.1 Å². The van der Waals surface area contributed by atoms with Crippen LogP contribution in [0.1, 0.15) is 30.5 Å². The van der Waals surface area contributed by atoms with Crippen molar-refractivity contribution in [3.05, 3.63) is 69.8 Å². The Morgan fingerprint density at radius 3 is 2.65 bits per heavy atom. The van der Waals surface area contributed by atoms with Gasteiger partial charge in [0.2, 0.25) is 0 Å². The average Bonchev–Trinajstić information content (AvgIpc) is 2.63. The number of nitrogens with one attached hydrogen (secondary N) is 2. The molecule has 0 saturated heterocycles. The lowest BCUT2D eigenvalue weighted by Crippen LogP contribution is -2.55. The van der Waals surface area contributed by atoms with Gasteiger partial charge < -0.3 is 4.74 Å². The molecule has 0 amide bonds. The first kappa shape index (κ1) is 18.8. The molecule has 26 heavy (non-hydrogen) atoms. The van der Waals surface area contributed by atoms with Crippen LogP contribution in [0.3, 0.4) is 0 Å². The highest BCUT2D eigenvalue weighted by molar-refractivity contribution is 8.02. The van der Waals surface area contributed by atoms with Crippen molar-refractivity contribution < 1.29 is 4.74 Å². The number of methoxy groups -OCH3 is 1. The standard InChI is InChI=1S/C21H27N3OS/c1-14-9-10-20(15(2)11-14)24-21(16(3)17(4)22-23-24)26-13-18-7-6-8-19(12-18)25-5/h6-12,17,22-23H,13H2,1-5H3. The third-order valence-corrected chi connectivity index (χ3v) is 5.94. The summed E-state index contributed by atoms with van der Waals surface area (Å²) in [5, 5.41) is 3.40. The Kier molecular flexibility index (Phi) is 5.91. The molecule has 5 heteroatoms. The summed E-state index contributed by atoms with van der Waals surface area (Å²) in [4.78, 5) is 0. The van der Waals surface area contributed by atoms with Gasteiger partial charge in [-0.25, -0.2) is 5.43 Å². The van der Waals surface area contributed by atoms with Gasteiger partial charge in [0, 0.05) is 11.8 Å². The smallest absolute Gasteiger partial charge is 0.119 e. The number of thioether (sulfide) groups is 1. The van der Waals surface area contributed by atoms with Gasteiger partial charge in [-0.2, -0.15) is 5.53 Å². The van der Waals surface area contributed by atoms with Crippen LogP contribution in [0.5, 0.6) is 5.75 Å². The Hall–Kier alpha value is -1.95. The molecule has 3 rings (SSSR count). The zero-order chi connectivity index (χ0) is 18.7. The minimum atomic E-state index is 0.282. The van der Waals surface area contributed by atoms with Crippen molar-refractivity contribution in [2.45, 2.75) is 39.5 Å². The van der Waals surface area contributed by atoms with E-state index in [4.69, 9.17) is 4.74 Å². The molecule has 1 aliphatic heterocycles. The summed E-state index contributed by atoms with van der Waals surface area (Å²) in [6.07, 6.45) is 0. The fourth-order valence-corrected chi connectivity index (χ4v) is 4.16. The molecule has 2 aromatic carbocycles. The summed E-state index contributed by atoms with van der Waals surface area (Å²) in [5.74, 6) is 1.79. The first-order chi connectivity index (χ1) is 12.5. The first-order valence-electron chi connectivity index (χ1n) is 8.84. The summed E-state index contributed by atoms with van der Waals surface area (Å²) >= 11 is 1.84. The molecule has 0 bridgehead atoms. The van der Waals surface area contributed by atoms with E-state index in [1.807, 2.05) is 23.9 Å². The molecular formula is C21H27N3OS. The van der Waals surface area contributed by atoms with Crippen molar-refractivity contribution in [3.63, 3.8) is 0 Å². The molecule has 1 atom stereocenters. The number of benzene rings is 2. The normalized spacial score (nSPS) is 17.6. The van der Waals surface area contributed by atoms with Gasteiger partial charge in [-0.15, -0.1) is 11.8 Å². The average molecular weight is 370 g/mol. The lowest BCUT2D eigenvalue weighted by atomic mass is 10.1. The van der Waals surface area contributed by atoms with Crippen molar-refractivity contribution >= 4 is 17.4 Å². The number of hydrogen-bond donors (Lipinski definition) is 2. The number of ether oxygens (including phenoxy) is 1. The maximum absolute atomic E-state index is 5.35. The van der Waals surface area contributed by atoms with E-state index in [9.17, 15) is 0 Å². The van der Waals surface area contributed by atoms with E-state index in [1.165, 1.54) is 33.0 Å². The maximum atomic E-state index is 5.35. The fourth-order valence-electron chi connectivity index (χ4n) is 3.00. The van der Waals surface area contributed by atoms with Crippen molar-refractivity contribution in [2.75, 3.05) is 12.1 Å². The molecule has 0 fully saturated rings. The monoisotopic (exact) mass is 369 g/mol. The molecule has 1 unspecified atom stereocenters. The first-order valence-corrected chi connectivity index (χ1v) is 9.83. The van der Waals surface area contributed by atoms with Crippen molar-refractivity contribution in [2.24, 2.45) is 0 Å². The molecule has 2 N–H and O–H groups in total. The highest BCUT2D eigenvalue weighted by Crippen LogP contribution is 2.35. The van der Waals surface area contributed by atoms with E-state index in [2.05, 4.69) is 74.0 Å². The van der Waals surface area contributed by atoms with Crippen molar-refractivity contribution in [3.8, 4) is 5.75 Å². The molecule has 0 radical (unpaired) electrons. The Labute approximate surface area is 160 Å². The largest absolute Gasteiger partial charge is 0.497 e. The Morgan fingerprint density at radius 2 is 1.92 bits per heavy atom. The lowest BCUT2D eigenvalue weighted by molar-refractivity contribution is 0.414. The fraction of sp³-hybridized carbons (Fsp3) is 0.333. The minimum Gasteiger partial charge on any atom is -0.497 e. The Balaban J connectivity index is 1.87. The van der Waals surface area contributed by atoms with E-state index in [0.29, 0.717) is 0 Å². The van der Waals surface area contributed by atoms with Crippen LogP contribution in [-0.2, 0) is 5.75 Å². The van der Waals surface area contributed by atoms with Gasteiger partial charge in [0.15, 0.2) is 0 Å². The van der Waals surface area contributed by atoms with E-state index in [-0.39, 0.29) is 6.04 Å². The van der Waals surface area contributed by atoms with Gasteiger partial charge in [-0.1, -0.05) is 29.8 Å². The number of hydrazine groups is 2. The molecule has 0 spiro atoms. The molecule has 4 nitrogen and oxygen atoms in total. The zero-order valence-corrected chi connectivity index (χ0v) is 16.9. The second-order valence-corrected chi connectivity index (χ2v) is 7.70. The van der Waals surface area contributed by atoms with Gasteiger partial charge in [0.25, 0.3) is 0 Å². The summed E-state index contributed by atoms with van der Waals surface area (Å²) in [6.45, 7) is 8.65. The number of nitrogens with zero attached hydrogens (tertiary/aromatic N) is 1. The second kappa shape index (κ2) is 8.16. The van der Waals surface area contributed by atoms with Crippen molar-refractivity contribution in [1.29, 1.82) is 0 Å². The molecule has 0 aromatic heterocycles. The zero-order valence-electron chi connectivity index (χ0n) is 16.1. The highest BCUT2D eigenvalue weighted by Gasteiger charge is 2.24. The van der Waals surface area contributed by atoms with Gasteiger partial charge in [0.1, 0.15) is 5.75 Å². The molecule has 138 valence electrons. The van der Waals surface area contributed by atoms with E-state index < -0.39 is 0 Å². The third kappa shape index (κ3) is 4.06. The van der Waals surface area contributed by atoms with Crippen LogP contribution in [-0.4, -0.2) is 13.2 Å². The van der Waals surface area contributed by atoms with Gasteiger partial charge >= 0.3 is 0 Å².